The molecule has 0 fully saturated rings. The molecule has 2 aromatic rings. The van der Waals surface area contributed by atoms with Gasteiger partial charge in [0.25, 0.3) is 0 Å². The number of fused-ring (bicyclic) bond motifs is 2. The van der Waals surface area contributed by atoms with Gasteiger partial charge in [-0.2, -0.15) is 0 Å². The van der Waals surface area contributed by atoms with Gasteiger partial charge in [0.05, 0.1) is 10.3 Å². The SMILES string of the molecule is CCCC1C=Cc2oc3ccccc3c(=O)c2S1. The maximum Gasteiger partial charge on any atom is 0.206 e. The minimum atomic E-state index is 0.0994. The van der Waals surface area contributed by atoms with Crippen LogP contribution >= 0.6 is 11.8 Å². The van der Waals surface area contributed by atoms with Crippen LogP contribution in [0.1, 0.15) is 25.5 Å². The first-order valence-corrected chi connectivity index (χ1v) is 7.08. The van der Waals surface area contributed by atoms with Crippen molar-refractivity contribution in [3.05, 3.63) is 46.3 Å². The van der Waals surface area contributed by atoms with Gasteiger partial charge in [-0.25, -0.2) is 0 Å². The fourth-order valence-electron chi connectivity index (χ4n) is 2.19. The molecule has 3 rings (SSSR count). The largest absolute Gasteiger partial charge is 0.455 e. The Kier molecular flexibility index (Phi) is 3.00. The van der Waals surface area contributed by atoms with Crippen LogP contribution in [0.2, 0.25) is 0 Å². The molecule has 0 N–H and O–H groups in total. The summed E-state index contributed by atoms with van der Waals surface area (Å²) in [6.07, 6.45) is 6.29. The van der Waals surface area contributed by atoms with Gasteiger partial charge in [-0.15, -0.1) is 11.8 Å². The lowest BCUT2D eigenvalue weighted by Gasteiger charge is -2.17. The van der Waals surface area contributed by atoms with Crippen LogP contribution in [0, 0.1) is 0 Å². The summed E-state index contributed by atoms with van der Waals surface area (Å²) in [7, 11) is 0. The summed E-state index contributed by atoms with van der Waals surface area (Å²) in [5, 5.41) is 1.07. The van der Waals surface area contributed by atoms with E-state index < -0.39 is 0 Å². The number of para-hydroxylation sites is 1. The molecule has 0 radical (unpaired) electrons. The van der Waals surface area contributed by atoms with E-state index in [1.807, 2.05) is 30.3 Å². The fourth-order valence-corrected chi connectivity index (χ4v) is 3.44. The monoisotopic (exact) mass is 258 g/mol. The van der Waals surface area contributed by atoms with Crippen molar-refractivity contribution in [3.8, 4) is 0 Å². The average molecular weight is 258 g/mol. The molecule has 0 bridgehead atoms. The highest BCUT2D eigenvalue weighted by Gasteiger charge is 2.20. The molecule has 1 aliphatic rings. The molecular formula is C15H14O2S. The Morgan fingerprint density at radius 2 is 2.17 bits per heavy atom. The van der Waals surface area contributed by atoms with E-state index in [0.29, 0.717) is 22.0 Å². The van der Waals surface area contributed by atoms with Gasteiger partial charge in [-0.1, -0.05) is 31.6 Å². The van der Waals surface area contributed by atoms with Crippen molar-refractivity contribution in [2.75, 3.05) is 0 Å². The van der Waals surface area contributed by atoms with Gasteiger partial charge in [0.2, 0.25) is 5.43 Å². The molecule has 0 aliphatic carbocycles. The van der Waals surface area contributed by atoms with E-state index in [1.165, 1.54) is 0 Å². The Labute approximate surface area is 110 Å². The standard InChI is InChI=1S/C15H14O2S/c1-2-5-10-8-9-13-15(18-10)14(16)11-6-3-4-7-12(11)17-13/h3-4,6-10H,2,5H2,1H3. The van der Waals surface area contributed by atoms with E-state index in [1.54, 1.807) is 11.8 Å². The number of hydrogen-bond donors (Lipinski definition) is 0. The van der Waals surface area contributed by atoms with Crippen LogP contribution in [0.25, 0.3) is 17.0 Å². The molecule has 1 aromatic heterocycles. The maximum atomic E-state index is 12.4. The summed E-state index contributed by atoms with van der Waals surface area (Å²) >= 11 is 1.63. The van der Waals surface area contributed by atoms with E-state index in [9.17, 15) is 4.79 Å². The van der Waals surface area contributed by atoms with E-state index in [0.717, 1.165) is 17.7 Å². The van der Waals surface area contributed by atoms with Gasteiger partial charge in [0.1, 0.15) is 11.3 Å². The summed E-state index contributed by atoms with van der Waals surface area (Å²) in [6, 6.07) is 7.43. The Morgan fingerprint density at radius 1 is 1.33 bits per heavy atom. The molecular weight excluding hydrogens is 244 g/mol. The highest BCUT2D eigenvalue weighted by Crippen LogP contribution is 2.34. The Bertz CT molecular complexity index is 670. The summed E-state index contributed by atoms with van der Waals surface area (Å²) in [5.74, 6) is 0.705. The second-order valence-corrected chi connectivity index (χ2v) is 5.67. The van der Waals surface area contributed by atoms with Crippen LogP contribution < -0.4 is 5.43 Å². The van der Waals surface area contributed by atoms with Gasteiger partial charge >= 0.3 is 0 Å². The molecule has 92 valence electrons. The predicted molar refractivity (Wildman–Crippen MR) is 76.1 cm³/mol. The molecule has 0 saturated heterocycles. The quantitative estimate of drug-likeness (QED) is 0.813. The third kappa shape index (κ3) is 1.89. The van der Waals surface area contributed by atoms with Gasteiger partial charge in [0, 0.05) is 5.25 Å². The maximum absolute atomic E-state index is 12.4. The van der Waals surface area contributed by atoms with Gasteiger partial charge in [0.15, 0.2) is 0 Å². The van der Waals surface area contributed by atoms with E-state index in [4.69, 9.17) is 4.42 Å². The molecule has 0 saturated carbocycles. The molecule has 1 atom stereocenters. The second kappa shape index (κ2) is 4.65. The highest BCUT2D eigenvalue weighted by atomic mass is 32.2. The second-order valence-electron chi connectivity index (χ2n) is 4.42. The van der Waals surface area contributed by atoms with Crippen LogP contribution in [0.4, 0.5) is 0 Å². The Balaban J connectivity index is 2.17. The number of hydrogen-bond acceptors (Lipinski definition) is 3. The van der Waals surface area contributed by atoms with Crippen LogP contribution in [-0.4, -0.2) is 5.25 Å². The lowest BCUT2D eigenvalue weighted by molar-refractivity contribution is 0.573. The van der Waals surface area contributed by atoms with Crippen molar-refractivity contribution >= 4 is 28.8 Å². The molecule has 2 heterocycles. The zero-order valence-electron chi connectivity index (χ0n) is 10.2. The topological polar surface area (TPSA) is 30.2 Å². The summed E-state index contributed by atoms with van der Waals surface area (Å²) in [6.45, 7) is 2.16. The molecule has 3 heteroatoms. The van der Waals surface area contributed by atoms with Crippen molar-refractivity contribution in [2.45, 2.75) is 29.9 Å². The molecule has 0 amide bonds. The Morgan fingerprint density at radius 3 is 3.00 bits per heavy atom. The lowest BCUT2D eigenvalue weighted by Crippen LogP contribution is -2.12. The first kappa shape index (κ1) is 11.6. The van der Waals surface area contributed by atoms with Crippen molar-refractivity contribution < 1.29 is 4.42 Å². The van der Waals surface area contributed by atoms with Crippen molar-refractivity contribution in [3.63, 3.8) is 0 Å². The highest BCUT2D eigenvalue weighted by molar-refractivity contribution is 8.00. The van der Waals surface area contributed by atoms with Crippen molar-refractivity contribution in [1.29, 1.82) is 0 Å². The van der Waals surface area contributed by atoms with Crippen LogP contribution in [0.15, 0.2) is 44.4 Å². The van der Waals surface area contributed by atoms with E-state index in [2.05, 4.69) is 13.0 Å². The van der Waals surface area contributed by atoms with Crippen molar-refractivity contribution in [2.24, 2.45) is 0 Å². The minimum Gasteiger partial charge on any atom is -0.455 e. The predicted octanol–water partition coefficient (Wildman–Crippen LogP) is 4.08. The van der Waals surface area contributed by atoms with Crippen LogP contribution in [0.3, 0.4) is 0 Å². The van der Waals surface area contributed by atoms with Crippen LogP contribution in [0.5, 0.6) is 0 Å². The van der Waals surface area contributed by atoms with Crippen molar-refractivity contribution in [1.82, 2.24) is 0 Å². The zero-order chi connectivity index (χ0) is 12.5. The molecule has 1 aromatic carbocycles. The molecule has 18 heavy (non-hydrogen) atoms. The summed E-state index contributed by atoms with van der Waals surface area (Å²) < 4.78 is 5.78. The number of benzene rings is 1. The van der Waals surface area contributed by atoms with E-state index >= 15 is 0 Å². The van der Waals surface area contributed by atoms with Gasteiger partial charge in [-0.3, -0.25) is 4.79 Å². The van der Waals surface area contributed by atoms with Crippen LogP contribution in [-0.2, 0) is 0 Å². The summed E-state index contributed by atoms with van der Waals surface area (Å²) in [4.78, 5) is 13.2. The lowest BCUT2D eigenvalue weighted by atomic mass is 10.2. The minimum absolute atomic E-state index is 0.0994. The zero-order valence-corrected chi connectivity index (χ0v) is 11.0. The first-order valence-electron chi connectivity index (χ1n) is 6.20. The van der Waals surface area contributed by atoms with Gasteiger partial charge < -0.3 is 4.42 Å². The number of rotatable bonds is 2. The van der Waals surface area contributed by atoms with Gasteiger partial charge in [-0.05, 0) is 24.6 Å². The Hall–Kier alpha value is -1.48. The summed E-state index contributed by atoms with van der Waals surface area (Å²) in [5.41, 5.74) is 0.766. The third-order valence-electron chi connectivity index (χ3n) is 3.09. The molecule has 0 spiro atoms. The molecule has 1 aliphatic heterocycles. The fraction of sp³-hybridized carbons (Fsp3) is 0.267. The number of thioether (sulfide) groups is 1. The first-order chi connectivity index (χ1) is 8.79. The molecule has 2 nitrogen and oxygen atoms in total. The van der Waals surface area contributed by atoms with E-state index in [-0.39, 0.29) is 5.43 Å². The molecule has 1 unspecified atom stereocenters. The normalized spacial score (nSPS) is 17.9. The third-order valence-corrected chi connectivity index (χ3v) is 4.40. The average Bonchev–Trinajstić information content (AvgIpc) is 2.40. The smallest absolute Gasteiger partial charge is 0.206 e.